The third kappa shape index (κ3) is 3.41. The van der Waals surface area contributed by atoms with Gasteiger partial charge in [0.1, 0.15) is 5.56 Å². The molecule has 0 fully saturated rings. The van der Waals surface area contributed by atoms with Gasteiger partial charge in [0.05, 0.1) is 18.4 Å². The number of anilines is 1. The zero-order valence-electron chi connectivity index (χ0n) is 13.9. The number of rotatable bonds is 4. The summed E-state index contributed by atoms with van der Waals surface area (Å²) in [6.07, 6.45) is 0. The molecule has 23 heavy (non-hydrogen) atoms. The predicted octanol–water partition coefficient (Wildman–Crippen LogP) is 3.45. The molecule has 6 heteroatoms. The number of amides is 1. The van der Waals surface area contributed by atoms with Gasteiger partial charge in [0, 0.05) is 11.6 Å². The second kappa shape index (κ2) is 6.64. The van der Waals surface area contributed by atoms with Crippen molar-refractivity contribution in [2.24, 2.45) is 0 Å². The Morgan fingerprint density at radius 1 is 1.26 bits per heavy atom. The maximum atomic E-state index is 12.6. The van der Waals surface area contributed by atoms with Crippen molar-refractivity contribution >= 4 is 17.6 Å². The van der Waals surface area contributed by atoms with Crippen molar-refractivity contribution in [2.75, 3.05) is 12.4 Å². The summed E-state index contributed by atoms with van der Waals surface area (Å²) in [5, 5.41) is 6.69. The number of hydrogen-bond acceptors (Lipinski definition) is 5. The highest BCUT2D eigenvalue weighted by atomic mass is 16.5. The first kappa shape index (κ1) is 16.7. The third-order valence-corrected chi connectivity index (χ3v) is 3.55. The molecule has 0 aliphatic heterocycles. The molecular formula is C17H20N2O4. The van der Waals surface area contributed by atoms with Crippen molar-refractivity contribution < 1.29 is 18.8 Å². The van der Waals surface area contributed by atoms with Crippen LogP contribution >= 0.6 is 0 Å². The van der Waals surface area contributed by atoms with E-state index in [2.05, 4.69) is 10.5 Å². The molecule has 0 aliphatic rings. The van der Waals surface area contributed by atoms with Crippen LogP contribution in [0.1, 0.15) is 57.5 Å². The van der Waals surface area contributed by atoms with Crippen molar-refractivity contribution in [3.63, 3.8) is 0 Å². The van der Waals surface area contributed by atoms with Crippen molar-refractivity contribution in [1.82, 2.24) is 5.16 Å². The molecule has 6 nitrogen and oxygen atoms in total. The number of carbonyl (C=O) groups excluding carboxylic acids is 2. The summed E-state index contributed by atoms with van der Waals surface area (Å²) in [4.78, 5) is 24.2. The Morgan fingerprint density at radius 2 is 1.96 bits per heavy atom. The van der Waals surface area contributed by atoms with E-state index in [0.29, 0.717) is 28.3 Å². The van der Waals surface area contributed by atoms with Crippen molar-refractivity contribution in [3.8, 4) is 0 Å². The van der Waals surface area contributed by atoms with E-state index in [1.54, 1.807) is 25.1 Å². The number of hydrogen-bond donors (Lipinski definition) is 1. The van der Waals surface area contributed by atoms with Crippen LogP contribution < -0.4 is 5.32 Å². The van der Waals surface area contributed by atoms with Crippen molar-refractivity contribution in [2.45, 2.75) is 33.6 Å². The van der Waals surface area contributed by atoms with Crippen LogP contribution in [0.2, 0.25) is 0 Å². The standard InChI is InChI=1S/C17H20N2O4/c1-9(2)15-14(11(4)19-23-15)16(20)18-13-8-12(17(21)22-5)7-6-10(13)3/h6-9H,1-5H3,(H,18,20). The van der Waals surface area contributed by atoms with Crippen LogP contribution in [0.5, 0.6) is 0 Å². The van der Waals surface area contributed by atoms with E-state index in [4.69, 9.17) is 9.26 Å². The maximum Gasteiger partial charge on any atom is 0.337 e. The van der Waals surface area contributed by atoms with Gasteiger partial charge in [-0.1, -0.05) is 25.1 Å². The molecule has 0 bridgehead atoms. The number of methoxy groups -OCH3 is 1. The van der Waals surface area contributed by atoms with E-state index in [0.717, 1.165) is 5.56 Å². The molecule has 0 saturated carbocycles. The van der Waals surface area contributed by atoms with Crippen LogP contribution in [-0.4, -0.2) is 24.1 Å². The molecule has 1 heterocycles. The molecule has 0 radical (unpaired) electrons. The molecule has 0 saturated heterocycles. The Hall–Kier alpha value is -2.63. The van der Waals surface area contributed by atoms with E-state index >= 15 is 0 Å². The molecule has 0 unspecified atom stereocenters. The highest BCUT2D eigenvalue weighted by Crippen LogP contribution is 2.24. The van der Waals surface area contributed by atoms with Crippen LogP contribution in [-0.2, 0) is 4.74 Å². The van der Waals surface area contributed by atoms with Crippen LogP contribution in [0.15, 0.2) is 22.7 Å². The fourth-order valence-corrected chi connectivity index (χ4v) is 2.24. The molecule has 0 spiro atoms. The number of aryl methyl sites for hydroxylation is 2. The highest BCUT2D eigenvalue weighted by molar-refractivity contribution is 6.06. The zero-order chi connectivity index (χ0) is 17.1. The third-order valence-electron chi connectivity index (χ3n) is 3.55. The molecule has 1 amide bonds. The van der Waals surface area contributed by atoms with Crippen LogP contribution in [0.4, 0.5) is 5.69 Å². The summed E-state index contributed by atoms with van der Waals surface area (Å²) in [6, 6.07) is 5.00. The molecule has 2 rings (SSSR count). The minimum atomic E-state index is -0.454. The maximum absolute atomic E-state index is 12.6. The van der Waals surface area contributed by atoms with E-state index in [1.807, 2.05) is 20.8 Å². The summed E-state index contributed by atoms with van der Waals surface area (Å²) in [5.41, 5.74) is 2.73. The first-order valence-electron chi connectivity index (χ1n) is 7.31. The zero-order valence-corrected chi connectivity index (χ0v) is 13.9. The van der Waals surface area contributed by atoms with Crippen LogP contribution in [0.3, 0.4) is 0 Å². The molecule has 1 N–H and O–H groups in total. The van der Waals surface area contributed by atoms with Crippen molar-refractivity contribution in [3.05, 3.63) is 46.3 Å². The van der Waals surface area contributed by atoms with Gasteiger partial charge < -0.3 is 14.6 Å². The Morgan fingerprint density at radius 3 is 2.57 bits per heavy atom. The topological polar surface area (TPSA) is 81.4 Å². The summed E-state index contributed by atoms with van der Waals surface area (Å²) in [6.45, 7) is 7.43. The second-order valence-corrected chi connectivity index (χ2v) is 5.64. The quantitative estimate of drug-likeness (QED) is 0.874. The lowest BCUT2D eigenvalue weighted by molar-refractivity contribution is 0.0600. The minimum absolute atomic E-state index is 0.0412. The Bertz CT molecular complexity index is 747. The number of nitrogens with zero attached hydrogens (tertiary/aromatic N) is 1. The van der Waals surface area contributed by atoms with Gasteiger partial charge in [0.2, 0.25) is 0 Å². The Kier molecular flexibility index (Phi) is 4.83. The molecule has 0 aliphatic carbocycles. The monoisotopic (exact) mass is 316 g/mol. The fraction of sp³-hybridized carbons (Fsp3) is 0.353. The molecule has 0 atom stereocenters. The Labute approximate surface area is 134 Å². The predicted molar refractivity (Wildman–Crippen MR) is 85.8 cm³/mol. The number of benzene rings is 1. The molecule has 1 aromatic heterocycles. The fourth-order valence-electron chi connectivity index (χ4n) is 2.24. The van der Waals surface area contributed by atoms with E-state index in [1.165, 1.54) is 7.11 Å². The molecular weight excluding hydrogens is 296 g/mol. The number of nitrogens with one attached hydrogen (secondary N) is 1. The Balaban J connectivity index is 2.34. The lowest BCUT2D eigenvalue weighted by Crippen LogP contribution is -2.16. The lowest BCUT2D eigenvalue weighted by Gasteiger charge is -2.11. The van der Waals surface area contributed by atoms with Gasteiger partial charge in [-0.15, -0.1) is 0 Å². The average molecular weight is 316 g/mol. The summed E-state index contributed by atoms with van der Waals surface area (Å²) in [7, 11) is 1.32. The second-order valence-electron chi connectivity index (χ2n) is 5.64. The van der Waals surface area contributed by atoms with Gasteiger partial charge in [-0.2, -0.15) is 0 Å². The molecule has 2 aromatic rings. The van der Waals surface area contributed by atoms with Gasteiger partial charge >= 0.3 is 5.97 Å². The van der Waals surface area contributed by atoms with Gasteiger partial charge in [-0.3, -0.25) is 4.79 Å². The largest absolute Gasteiger partial charge is 0.465 e. The summed E-state index contributed by atoms with van der Waals surface area (Å²) >= 11 is 0. The highest BCUT2D eigenvalue weighted by Gasteiger charge is 2.23. The van der Waals surface area contributed by atoms with E-state index in [-0.39, 0.29) is 11.8 Å². The van der Waals surface area contributed by atoms with E-state index < -0.39 is 5.97 Å². The summed E-state index contributed by atoms with van der Waals surface area (Å²) < 4.78 is 9.94. The van der Waals surface area contributed by atoms with Crippen LogP contribution in [0.25, 0.3) is 0 Å². The first-order chi connectivity index (χ1) is 10.8. The number of aromatic nitrogens is 1. The number of ether oxygens (including phenoxy) is 1. The van der Waals surface area contributed by atoms with Crippen LogP contribution in [0, 0.1) is 13.8 Å². The van der Waals surface area contributed by atoms with Crippen molar-refractivity contribution in [1.29, 1.82) is 0 Å². The molecule has 1 aromatic carbocycles. The average Bonchev–Trinajstić information content (AvgIpc) is 2.90. The van der Waals surface area contributed by atoms with Gasteiger partial charge in [0.15, 0.2) is 5.76 Å². The first-order valence-corrected chi connectivity index (χ1v) is 7.31. The normalized spacial score (nSPS) is 10.7. The van der Waals surface area contributed by atoms with Gasteiger partial charge in [0.25, 0.3) is 5.91 Å². The van der Waals surface area contributed by atoms with E-state index in [9.17, 15) is 9.59 Å². The van der Waals surface area contributed by atoms with Gasteiger partial charge in [-0.25, -0.2) is 4.79 Å². The SMILES string of the molecule is COC(=O)c1ccc(C)c(NC(=O)c2c(C)noc2C(C)C)c1. The smallest absolute Gasteiger partial charge is 0.337 e. The molecule has 122 valence electrons. The number of esters is 1. The lowest BCUT2D eigenvalue weighted by atomic mass is 10.0. The number of carbonyl (C=O) groups is 2. The van der Waals surface area contributed by atoms with Gasteiger partial charge in [-0.05, 0) is 31.5 Å². The summed E-state index contributed by atoms with van der Waals surface area (Å²) in [5.74, 6) is -0.177. The minimum Gasteiger partial charge on any atom is -0.465 e.